The molecule has 0 fully saturated rings. The fraction of sp³-hybridized carbons (Fsp3) is 0.174. The number of rotatable bonds is 7. The summed E-state index contributed by atoms with van der Waals surface area (Å²) in [5, 5.41) is 9.69. The lowest BCUT2D eigenvalue weighted by molar-refractivity contribution is 0.102. The Labute approximate surface area is 189 Å². The Kier molecular flexibility index (Phi) is 6.34. The molecule has 4 rings (SSSR count). The zero-order valence-electron chi connectivity index (χ0n) is 17.1. The van der Waals surface area contributed by atoms with Gasteiger partial charge in [-0.3, -0.25) is 10.1 Å². The predicted octanol–water partition coefficient (Wildman–Crippen LogP) is 5.49. The number of benzene rings is 2. The van der Waals surface area contributed by atoms with Crippen LogP contribution >= 0.6 is 22.9 Å². The molecule has 1 amide bonds. The van der Waals surface area contributed by atoms with Gasteiger partial charge >= 0.3 is 0 Å². The second-order valence-electron chi connectivity index (χ2n) is 7.16. The maximum Gasteiger partial charge on any atom is 0.268 e. The predicted molar refractivity (Wildman–Crippen MR) is 123 cm³/mol. The molecular weight excluding hydrogens is 432 g/mol. The standard InChI is InChI=1S/C23H21ClN4O2S/c1-15-5-3-4-6-18(15)11-28-14-25-23(27-28)26-22(29)21-10-17(13-31-21)12-30-20-8-7-19(24)9-16(20)2/h3-10,13-14H,11-12H2,1-2H3,(H,26,27,29). The average molecular weight is 453 g/mol. The molecule has 2 heterocycles. The zero-order chi connectivity index (χ0) is 21.8. The largest absolute Gasteiger partial charge is 0.489 e. The Morgan fingerprint density at radius 3 is 2.81 bits per heavy atom. The van der Waals surface area contributed by atoms with Gasteiger partial charge in [-0.15, -0.1) is 16.4 Å². The molecule has 31 heavy (non-hydrogen) atoms. The fourth-order valence-corrected chi connectivity index (χ4v) is 4.08. The van der Waals surface area contributed by atoms with Crippen LogP contribution < -0.4 is 10.1 Å². The van der Waals surface area contributed by atoms with Gasteiger partial charge in [0.2, 0.25) is 5.95 Å². The van der Waals surface area contributed by atoms with E-state index in [0.29, 0.717) is 23.1 Å². The Bertz CT molecular complexity index is 1220. The van der Waals surface area contributed by atoms with Gasteiger partial charge in [0.15, 0.2) is 0 Å². The molecule has 1 N–H and O–H groups in total. The highest BCUT2D eigenvalue weighted by atomic mass is 35.5. The van der Waals surface area contributed by atoms with Crippen molar-refractivity contribution in [1.82, 2.24) is 14.8 Å². The summed E-state index contributed by atoms with van der Waals surface area (Å²) in [6.45, 7) is 4.97. The van der Waals surface area contributed by atoms with Crippen LogP contribution in [0.5, 0.6) is 5.75 Å². The molecule has 4 aromatic rings. The van der Waals surface area contributed by atoms with E-state index < -0.39 is 0 Å². The van der Waals surface area contributed by atoms with Gasteiger partial charge in [-0.2, -0.15) is 0 Å². The van der Waals surface area contributed by atoms with Gasteiger partial charge in [0.1, 0.15) is 18.7 Å². The highest BCUT2D eigenvalue weighted by Gasteiger charge is 2.13. The first-order valence-corrected chi connectivity index (χ1v) is 11.0. The van der Waals surface area contributed by atoms with E-state index >= 15 is 0 Å². The number of halogens is 1. The third kappa shape index (κ3) is 5.31. The van der Waals surface area contributed by atoms with Crippen molar-refractivity contribution >= 4 is 34.8 Å². The van der Waals surface area contributed by atoms with Crippen molar-refractivity contribution in [3.63, 3.8) is 0 Å². The molecule has 0 saturated heterocycles. The molecule has 0 aliphatic carbocycles. The molecule has 8 heteroatoms. The Morgan fingerprint density at radius 1 is 1.16 bits per heavy atom. The summed E-state index contributed by atoms with van der Waals surface area (Å²) in [5.41, 5.74) is 4.23. The molecular formula is C23H21ClN4O2S. The van der Waals surface area contributed by atoms with Crippen molar-refractivity contribution in [3.8, 4) is 5.75 Å². The van der Waals surface area contributed by atoms with Gasteiger partial charge in [-0.05, 0) is 60.2 Å². The minimum Gasteiger partial charge on any atom is -0.489 e. The molecule has 2 aromatic heterocycles. The SMILES string of the molecule is Cc1ccccc1Cn1cnc(NC(=O)c2cc(COc3ccc(Cl)cc3C)cs2)n1. The van der Waals surface area contributed by atoms with Crippen LogP contribution in [0.4, 0.5) is 5.95 Å². The summed E-state index contributed by atoms with van der Waals surface area (Å²) in [6, 6.07) is 15.4. The number of aromatic nitrogens is 3. The third-order valence-electron chi connectivity index (χ3n) is 4.76. The number of anilines is 1. The lowest BCUT2D eigenvalue weighted by Gasteiger charge is -2.08. The van der Waals surface area contributed by atoms with Crippen molar-refractivity contribution in [3.05, 3.63) is 92.4 Å². The first-order valence-electron chi connectivity index (χ1n) is 9.69. The van der Waals surface area contributed by atoms with Gasteiger partial charge in [-0.25, -0.2) is 9.67 Å². The summed E-state index contributed by atoms with van der Waals surface area (Å²) < 4.78 is 7.56. The molecule has 158 valence electrons. The van der Waals surface area contributed by atoms with E-state index in [9.17, 15) is 4.79 Å². The van der Waals surface area contributed by atoms with E-state index in [4.69, 9.17) is 16.3 Å². The molecule has 0 spiro atoms. The summed E-state index contributed by atoms with van der Waals surface area (Å²) in [7, 11) is 0. The monoisotopic (exact) mass is 452 g/mol. The average Bonchev–Trinajstić information content (AvgIpc) is 3.39. The number of thiophene rings is 1. The maximum atomic E-state index is 12.6. The molecule has 0 aliphatic heterocycles. The normalized spacial score (nSPS) is 10.8. The van der Waals surface area contributed by atoms with E-state index in [2.05, 4.69) is 34.5 Å². The van der Waals surface area contributed by atoms with Crippen molar-refractivity contribution < 1.29 is 9.53 Å². The minimum absolute atomic E-state index is 0.243. The van der Waals surface area contributed by atoms with E-state index in [1.165, 1.54) is 16.9 Å². The number of carbonyl (C=O) groups excluding carboxylic acids is 1. The van der Waals surface area contributed by atoms with Crippen molar-refractivity contribution in [2.45, 2.75) is 27.0 Å². The summed E-state index contributed by atoms with van der Waals surface area (Å²) in [5.74, 6) is 0.805. The third-order valence-corrected chi connectivity index (χ3v) is 5.98. The first kappa shape index (κ1) is 21.1. The van der Waals surface area contributed by atoms with Gasteiger partial charge in [0.05, 0.1) is 11.4 Å². The zero-order valence-corrected chi connectivity index (χ0v) is 18.7. The number of amides is 1. The van der Waals surface area contributed by atoms with Crippen molar-refractivity contribution in [2.24, 2.45) is 0 Å². The van der Waals surface area contributed by atoms with Gasteiger partial charge in [0, 0.05) is 10.6 Å². The smallest absolute Gasteiger partial charge is 0.268 e. The molecule has 0 aliphatic rings. The Hall–Kier alpha value is -3.16. The first-order chi connectivity index (χ1) is 15.0. The van der Waals surface area contributed by atoms with Crippen LogP contribution in [0.1, 0.15) is 31.9 Å². The summed E-state index contributed by atoms with van der Waals surface area (Å²) in [6.07, 6.45) is 1.62. The Morgan fingerprint density at radius 2 is 2.00 bits per heavy atom. The number of hydrogen-bond acceptors (Lipinski definition) is 5. The van der Waals surface area contributed by atoms with Crippen LogP contribution in [0.2, 0.25) is 5.02 Å². The van der Waals surface area contributed by atoms with Gasteiger partial charge in [-0.1, -0.05) is 35.9 Å². The number of carbonyl (C=O) groups is 1. The molecule has 0 saturated carbocycles. The second kappa shape index (κ2) is 9.32. The van der Waals surface area contributed by atoms with E-state index in [-0.39, 0.29) is 11.9 Å². The molecule has 0 bridgehead atoms. The molecule has 2 aromatic carbocycles. The molecule has 0 unspecified atom stereocenters. The van der Waals surface area contributed by atoms with Crippen LogP contribution in [0.3, 0.4) is 0 Å². The Balaban J connectivity index is 1.35. The number of aryl methyl sites for hydroxylation is 2. The lowest BCUT2D eigenvalue weighted by Crippen LogP contribution is -2.12. The molecule has 6 nitrogen and oxygen atoms in total. The van der Waals surface area contributed by atoms with Crippen molar-refractivity contribution in [1.29, 1.82) is 0 Å². The van der Waals surface area contributed by atoms with Gasteiger partial charge < -0.3 is 4.74 Å². The maximum absolute atomic E-state index is 12.6. The number of ether oxygens (including phenoxy) is 1. The van der Waals surface area contributed by atoms with Crippen molar-refractivity contribution in [2.75, 3.05) is 5.32 Å². The molecule has 0 atom stereocenters. The van der Waals surface area contributed by atoms with E-state index in [0.717, 1.165) is 22.4 Å². The van der Waals surface area contributed by atoms with Crippen LogP contribution in [0.15, 0.2) is 60.2 Å². The quantitative estimate of drug-likeness (QED) is 0.402. The highest BCUT2D eigenvalue weighted by Crippen LogP contribution is 2.24. The molecule has 0 radical (unpaired) electrons. The van der Waals surface area contributed by atoms with Crippen LogP contribution in [-0.4, -0.2) is 20.7 Å². The minimum atomic E-state index is -0.243. The van der Waals surface area contributed by atoms with Crippen LogP contribution in [-0.2, 0) is 13.2 Å². The van der Waals surface area contributed by atoms with Crippen LogP contribution in [0.25, 0.3) is 0 Å². The fourth-order valence-electron chi connectivity index (χ4n) is 3.06. The highest BCUT2D eigenvalue weighted by molar-refractivity contribution is 7.12. The topological polar surface area (TPSA) is 69.0 Å². The van der Waals surface area contributed by atoms with E-state index in [1.807, 2.05) is 42.6 Å². The van der Waals surface area contributed by atoms with Crippen LogP contribution in [0, 0.1) is 13.8 Å². The number of nitrogens with one attached hydrogen (secondary N) is 1. The van der Waals surface area contributed by atoms with E-state index in [1.54, 1.807) is 17.1 Å². The van der Waals surface area contributed by atoms with Gasteiger partial charge in [0.25, 0.3) is 5.91 Å². The second-order valence-corrected chi connectivity index (χ2v) is 8.51. The summed E-state index contributed by atoms with van der Waals surface area (Å²) >= 11 is 7.33. The summed E-state index contributed by atoms with van der Waals surface area (Å²) in [4.78, 5) is 17.3. The number of nitrogens with zero attached hydrogens (tertiary/aromatic N) is 3. The number of hydrogen-bond donors (Lipinski definition) is 1. The lowest BCUT2D eigenvalue weighted by atomic mass is 10.1.